The fraction of sp³-hybridized carbons (Fsp3) is 0.818. The highest BCUT2D eigenvalue weighted by atomic mass is 32.0. The molecule has 1 N–H and O–H groups in total. The molecule has 0 aromatic heterocycles. The van der Waals surface area contributed by atoms with Gasteiger partial charge in [0.2, 0.25) is 11.8 Å². The van der Waals surface area contributed by atoms with Crippen molar-refractivity contribution in [1.29, 1.82) is 0 Å². The van der Waals surface area contributed by atoms with Crippen LogP contribution in [0.25, 0.3) is 0 Å². The molecule has 2 rings (SSSR count). The third-order valence-electron chi connectivity index (χ3n) is 3.58. The summed E-state index contributed by atoms with van der Waals surface area (Å²) in [5, 5.41) is 3.26. The summed E-state index contributed by atoms with van der Waals surface area (Å²) in [6.45, 7) is 3.77. The van der Waals surface area contributed by atoms with Crippen LogP contribution in [-0.2, 0) is 9.59 Å². The summed E-state index contributed by atoms with van der Waals surface area (Å²) in [5.41, 5.74) is 0. The zero-order chi connectivity index (χ0) is 13.1. The molecule has 2 aliphatic heterocycles. The van der Waals surface area contributed by atoms with Crippen LogP contribution in [-0.4, -0.2) is 53.1 Å². The number of carbonyl (C=O) groups excluding carboxylic acids is 2. The van der Waals surface area contributed by atoms with Crippen LogP contribution in [0.4, 0.5) is 0 Å². The minimum atomic E-state index is -0.160. The smallest absolute Gasteiger partial charge is 0.248 e. The topological polar surface area (TPSA) is 52.7 Å². The zero-order valence-corrected chi connectivity index (χ0v) is 12.8. The van der Waals surface area contributed by atoms with Crippen molar-refractivity contribution < 1.29 is 9.59 Å². The van der Waals surface area contributed by atoms with Crippen molar-refractivity contribution in [3.8, 4) is 0 Å². The average molecular weight is 289 g/mol. The Balaban J connectivity index is 2.23. The Morgan fingerprint density at radius 1 is 1.50 bits per heavy atom. The molecule has 102 valence electrons. The predicted octanol–water partition coefficient (Wildman–Crippen LogP) is 0.571. The summed E-state index contributed by atoms with van der Waals surface area (Å²) in [4.78, 5) is 26.0. The highest BCUT2D eigenvalue weighted by molar-refractivity contribution is 8.01. The van der Waals surface area contributed by atoms with E-state index in [4.69, 9.17) is 0 Å². The zero-order valence-electron chi connectivity index (χ0n) is 10.7. The van der Waals surface area contributed by atoms with Gasteiger partial charge >= 0.3 is 0 Å². The Kier molecular flexibility index (Phi) is 5.08. The van der Waals surface area contributed by atoms with Crippen molar-refractivity contribution in [2.24, 2.45) is 0 Å². The van der Waals surface area contributed by atoms with Crippen molar-refractivity contribution in [2.45, 2.75) is 38.3 Å². The van der Waals surface area contributed by atoms with Crippen LogP contribution in [0.2, 0.25) is 0 Å². The van der Waals surface area contributed by atoms with Gasteiger partial charge in [0, 0.05) is 19.1 Å². The summed E-state index contributed by atoms with van der Waals surface area (Å²) in [6, 6.07) is -0.0299. The second-order valence-corrected chi connectivity index (χ2v) is 6.39. The summed E-state index contributed by atoms with van der Waals surface area (Å²) < 4.78 is 2.19. The Labute approximate surface area is 112 Å². The first-order valence-electron chi connectivity index (χ1n) is 6.49. The number of imide groups is 1. The highest BCUT2D eigenvalue weighted by Crippen LogP contribution is 2.35. The van der Waals surface area contributed by atoms with Gasteiger partial charge in [-0.15, -0.1) is 0 Å². The predicted molar refractivity (Wildman–Crippen MR) is 76.6 cm³/mol. The fourth-order valence-electron chi connectivity index (χ4n) is 2.71. The Morgan fingerprint density at radius 2 is 2.28 bits per heavy atom. The van der Waals surface area contributed by atoms with E-state index in [1.165, 1.54) is 4.90 Å². The molecule has 0 saturated carbocycles. The molecule has 0 bridgehead atoms. The molecule has 0 aromatic carbocycles. The molecule has 7 heteroatoms. The van der Waals surface area contributed by atoms with Gasteiger partial charge in [0.05, 0.1) is 6.54 Å². The standard InChI is InChI=1S/C11H21N3O2P2/c1-2-5-13-9(15)7-12-8-4-3-6-14(18-17)10(8)11(13)16/h8,10,12,18H,2-7,17H2,1H3. The maximum absolute atomic E-state index is 12.6. The van der Waals surface area contributed by atoms with Crippen LogP contribution < -0.4 is 5.32 Å². The summed E-state index contributed by atoms with van der Waals surface area (Å²) in [5.74, 6) is -0.0882. The van der Waals surface area contributed by atoms with Gasteiger partial charge in [0.15, 0.2) is 0 Å². The first-order valence-corrected chi connectivity index (χ1v) is 9.25. The SMILES string of the molecule is CCCN1C(=O)CNC2CCCN(PP)C2C1=O. The van der Waals surface area contributed by atoms with E-state index in [1.807, 2.05) is 6.92 Å². The molecular formula is C11H21N3O2P2. The lowest BCUT2D eigenvalue weighted by atomic mass is 9.98. The van der Waals surface area contributed by atoms with Gasteiger partial charge in [0.25, 0.3) is 0 Å². The minimum Gasteiger partial charge on any atom is -0.303 e. The molecule has 4 unspecified atom stereocenters. The number of amides is 2. The number of rotatable bonds is 3. The normalized spacial score (nSPS) is 30.9. The number of nitrogens with one attached hydrogen (secondary N) is 1. The number of piperidine rings is 1. The molecule has 0 radical (unpaired) electrons. The van der Waals surface area contributed by atoms with Crippen LogP contribution in [0.15, 0.2) is 0 Å². The molecule has 0 aliphatic carbocycles. The van der Waals surface area contributed by atoms with Crippen LogP contribution in [0.3, 0.4) is 0 Å². The maximum atomic E-state index is 12.6. The van der Waals surface area contributed by atoms with Gasteiger partial charge < -0.3 is 5.32 Å². The quantitative estimate of drug-likeness (QED) is 0.610. The van der Waals surface area contributed by atoms with Crippen molar-refractivity contribution in [3.05, 3.63) is 0 Å². The van der Waals surface area contributed by atoms with Gasteiger partial charge in [-0.25, -0.2) is 0 Å². The third kappa shape index (κ3) is 2.75. The molecule has 2 saturated heterocycles. The number of hydrogen-bond acceptors (Lipinski definition) is 4. The van der Waals surface area contributed by atoms with Crippen LogP contribution in [0, 0.1) is 0 Å². The molecule has 2 aliphatic rings. The Hall–Kier alpha value is -0.0800. The number of fused-ring (bicyclic) bond motifs is 1. The molecule has 0 spiro atoms. The van der Waals surface area contributed by atoms with Gasteiger partial charge in [-0.3, -0.25) is 19.2 Å². The Morgan fingerprint density at radius 3 is 2.94 bits per heavy atom. The second kappa shape index (κ2) is 6.38. The summed E-state index contributed by atoms with van der Waals surface area (Å²) >= 11 is 0. The van der Waals surface area contributed by atoms with Crippen molar-refractivity contribution >= 4 is 29.2 Å². The van der Waals surface area contributed by atoms with Crippen molar-refractivity contribution in [2.75, 3.05) is 19.6 Å². The first-order chi connectivity index (χ1) is 8.69. The Bertz CT molecular complexity index is 340. The third-order valence-corrected chi connectivity index (χ3v) is 5.41. The number of carbonyl (C=O) groups is 2. The van der Waals surface area contributed by atoms with Crippen molar-refractivity contribution in [1.82, 2.24) is 14.9 Å². The molecular weight excluding hydrogens is 268 g/mol. The summed E-state index contributed by atoms with van der Waals surface area (Å²) in [7, 11) is 3.25. The molecule has 4 atom stereocenters. The second-order valence-electron chi connectivity index (χ2n) is 4.78. The van der Waals surface area contributed by atoms with E-state index < -0.39 is 0 Å². The maximum Gasteiger partial charge on any atom is 0.248 e. The van der Waals surface area contributed by atoms with Crippen LogP contribution in [0.1, 0.15) is 26.2 Å². The van der Waals surface area contributed by atoms with E-state index in [9.17, 15) is 9.59 Å². The lowest BCUT2D eigenvalue weighted by molar-refractivity contribution is -0.145. The van der Waals surface area contributed by atoms with Gasteiger partial charge in [0.1, 0.15) is 6.04 Å². The van der Waals surface area contributed by atoms with E-state index in [1.54, 1.807) is 0 Å². The monoisotopic (exact) mass is 289 g/mol. The van der Waals surface area contributed by atoms with Crippen LogP contribution >= 0.6 is 17.3 Å². The average Bonchev–Trinajstić information content (AvgIpc) is 2.51. The number of nitrogens with zero attached hydrogens (tertiary/aromatic N) is 2. The van der Waals surface area contributed by atoms with Crippen LogP contribution in [0.5, 0.6) is 0 Å². The van der Waals surface area contributed by atoms with E-state index in [0.29, 0.717) is 21.5 Å². The minimum absolute atomic E-state index is 0.00787. The molecule has 2 heterocycles. The molecule has 2 amide bonds. The highest BCUT2D eigenvalue weighted by Gasteiger charge is 2.42. The van der Waals surface area contributed by atoms with Gasteiger partial charge in [-0.05, 0) is 27.7 Å². The first kappa shape index (κ1) is 14.3. The molecule has 2 fully saturated rings. The fourth-order valence-corrected chi connectivity index (χ4v) is 4.32. The molecule has 18 heavy (non-hydrogen) atoms. The largest absolute Gasteiger partial charge is 0.303 e. The summed E-state index contributed by atoms with van der Waals surface area (Å²) in [6.07, 6.45) is 2.89. The van der Waals surface area contributed by atoms with Gasteiger partial charge in [-0.2, -0.15) is 0 Å². The van der Waals surface area contributed by atoms with Crippen molar-refractivity contribution in [3.63, 3.8) is 0 Å². The molecule has 5 nitrogen and oxygen atoms in total. The molecule has 0 aromatic rings. The number of hydrogen-bond donors (Lipinski definition) is 1. The van der Waals surface area contributed by atoms with E-state index in [2.05, 4.69) is 18.9 Å². The van der Waals surface area contributed by atoms with Gasteiger partial charge in [-0.1, -0.05) is 15.9 Å². The lowest BCUT2D eigenvalue weighted by Crippen LogP contribution is -2.55. The van der Waals surface area contributed by atoms with E-state index in [0.717, 1.165) is 25.8 Å². The lowest BCUT2D eigenvalue weighted by Gasteiger charge is -2.39. The van der Waals surface area contributed by atoms with E-state index in [-0.39, 0.29) is 23.9 Å². The van der Waals surface area contributed by atoms with E-state index >= 15 is 0 Å².